The van der Waals surface area contributed by atoms with Gasteiger partial charge in [-0.3, -0.25) is 14.9 Å². The van der Waals surface area contributed by atoms with Crippen LogP contribution in [0.4, 0.5) is 0 Å². The zero-order chi connectivity index (χ0) is 13.2. The number of nitrogens with one attached hydrogen (secondary N) is 1. The first kappa shape index (κ1) is 14.7. The summed E-state index contributed by atoms with van der Waals surface area (Å²) in [5.74, 6) is -0.676. The van der Waals surface area contributed by atoms with Gasteiger partial charge in [0.25, 0.3) is 11.8 Å². The molecule has 3 rings (SSSR count). The van der Waals surface area contributed by atoms with Crippen LogP contribution >= 0.6 is 0 Å². The second-order valence-corrected chi connectivity index (χ2v) is 4.27. The van der Waals surface area contributed by atoms with Crippen LogP contribution in [0.3, 0.4) is 0 Å². The average molecular weight is 273 g/mol. The summed E-state index contributed by atoms with van der Waals surface area (Å²) in [4.78, 5) is 24.0. The van der Waals surface area contributed by atoms with E-state index in [4.69, 9.17) is 0 Å². The van der Waals surface area contributed by atoms with Crippen LogP contribution in [-0.4, -0.2) is 41.4 Å². The summed E-state index contributed by atoms with van der Waals surface area (Å²) in [7, 11) is 0. The Labute approximate surface area is 139 Å². The molecule has 0 aromatic heterocycles. The molecule has 3 nitrogen and oxygen atoms in total. The molecule has 20 heavy (non-hydrogen) atoms. The van der Waals surface area contributed by atoms with Gasteiger partial charge in [0.2, 0.25) is 0 Å². The first-order valence-electron chi connectivity index (χ1n) is 5.98. The molecule has 0 aliphatic carbocycles. The Hall–Kier alpha value is -1.68. The Morgan fingerprint density at radius 3 is 1.30 bits per heavy atom. The Morgan fingerprint density at radius 1 is 0.600 bits per heavy atom. The van der Waals surface area contributed by atoms with Crippen molar-refractivity contribution >= 4 is 52.5 Å². The second kappa shape index (κ2) is 6.18. The molecule has 0 fully saturated rings. The standard InChI is InChI=1S/C16H11NO2.Na.H/c18-15-13(11-7-3-1-4-8-11)14(16(19)17-15)12-9-5-2-6-10-12;;/h1-10H,(H,17,18,19);;. The number of imide groups is 1. The Kier molecular flexibility index (Phi) is 4.55. The number of carbonyl (C=O) groups excluding carboxylic acids is 2. The number of carbonyl (C=O) groups is 2. The van der Waals surface area contributed by atoms with E-state index in [1.807, 2.05) is 60.7 Å². The van der Waals surface area contributed by atoms with E-state index in [1.165, 1.54) is 0 Å². The van der Waals surface area contributed by atoms with Crippen LogP contribution in [0.2, 0.25) is 0 Å². The van der Waals surface area contributed by atoms with Crippen LogP contribution in [0.1, 0.15) is 11.1 Å². The maximum atomic E-state index is 12.0. The molecule has 2 aromatic rings. The van der Waals surface area contributed by atoms with Crippen molar-refractivity contribution in [2.75, 3.05) is 0 Å². The molecule has 1 aliphatic heterocycles. The van der Waals surface area contributed by atoms with Gasteiger partial charge in [-0.1, -0.05) is 60.7 Å². The molecule has 2 aromatic carbocycles. The minimum absolute atomic E-state index is 0. The molecule has 2 amide bonds. The molecule has 0 spiro atoms. The van der Waals surface area contributed by atoms with Gasteiger partial charge in [-0.05, 0) is 11.1 Å². The zero-order valence-electron chi connectivity index (χ0n) is 10.1. The molecular weight excluding hydrogens is 261 g/mol. The number of benzene rings is 2. The SMILES string of the molecule is O=C1NC(=O)C(c2ccccc2)=C1c1ccccc1.[NaH]. The fourth-order valence-corrected chi connectivity index (χ4v) is 2.22. The van der Waals surface area contributed by atoms with Crippen LogP contribution in [0.15, 0.2) is 60.7 Å². The van der Waals surface area contributed by atoms with Crippen LogP contribution < -0.4 is 5.32 Å². The van der Waals surface area contributed by atoms with Crippen molar-refractivity contribution in [2.24, 2.45) is 0 Å². The fourth-order valence-electron chi connectivity index (χ4n) is 2.22. The van der Waals surface area contributed by atoms with Crippen molar-refractivity contribution in [3.63, 3.8) is 0 Å². The zero-order valence-corrected chi connectivity index (χ0v) is 10.1. The van der Waals surface area contributed by atoms with Gasteiger partial charge in [0.1, 0.15) is 0 Å². The molecule has 0 bridgehead atoms. The molecule has 94 valence electrons. The van der Waals surface area contributed by atoms with Crippen molar-refractivity contribution < 1.29 is 9.59 Å². The third-order valence-corrected chi connectivity index (χ3v) is 3.06. The molecule has 0 atom stereocenters. The molecule has 1 aliphatic rings. The fraction of sp³-hybridized carbons (Fsp3) is 0. The summed E-state index contributed by atoms with van der Waals surface area (Å²) in [6.45, 7) is 0. The first-order valence-corrected chi connectivity index (χ1v) is 5.98. The third-order valence-electron chi connectivity index (χ3n) is 3.06. The van der Waals surface area contributed by atoms with Gasteiger partial charge >= 0.3 is 29.6 Å². The number of amides is 2. The summed E-state index contributed by atoms with van der Waals surface area (Å²) in [5, 5.41) is 2.36. The number of hydrogen-bond donors (Lipinski definition) is 1. The van der Waals surface area contributed by atoms with E-state index >= 15 is 0 Å². The Morgan fingerprint density at radius 2 is 0.950 bits per heavy atom. The van der Waals surface area contributed by atoms with Gasteiger partial charge in [-0.15, -0.1) is 0 Å². The van der Waals surface area contributed by atoms with Crippen molar-refractivity contribution in [3.05, 3.63) is 71.8 Å². The monoisotopic (exact) mass is 273 g/mol. The second-order valence-electron chi connectivity index (χ2n) is 4.27. The van der Waals surface area contributed by atoms with E-state index in [-0.39, 0.29) is 41.4 Å². The molecule has 1 N–H and O–H groups in total. The van der Waals surface area contributed by atoms with Gasteiger partial charge in [-0.25, -0.2) is 0 Å². The van der Waals surface area contributed by atoms with Crippen molar-refractivity contribution in [1.82, 2.24) is 5.32 Å². The quantitative estimate of drug-likeness (QED) is 0.667. The van der Waals surface area contributed by atoms with Crippen LogP contribution in [-0.2, 0) is 9.59 Å². The van der Waals surface area contributed by atoms with Gasteiger partial charge in [0, 0.05) is 0 Å². The predicted octanol–water partition coefficient (Wildman–Crippen LogP) is 1.61. The Balaban J connectivity index is 0.00000147. The van der Waals surface area contributed by atoms with Crippen molar-refractivity contribution in [1.29, 1.82) is 0 Å². The first-order chi connectivity index (χ1) is 9.27. The number of hydrogen-bond acceptors (Lipinski definition) is 2. The van der Waals surface area contributed by atoms with Gasteiger partial charge in [0.15, 0.2) is 0 Å². The third kappa shape index (κ3) is 2.61. The Bertz CT molecular complexity index is 619. The minimum atomic E-state index is -0.338. The summed E-state index contributed by atoms with van der Waals surface area (Å²) in [6.07, 6.45) is 0. The van der Waals surface area contributed by atoms with E-state index in [0.29, 0.717) is 11.1 Å². The number of rotatable bonds is 2. The molecule has 0 radical (unpaired) electrons. The predicted molar refractivity (Wildman–Crippen MR) is 80.0 cm³/mol. The van der Waals surface area contributed by atoms with E-state index in [9.17, 15) is 9.59 Å². The summed E-state index contributed by atoms with van der Waals surface area (Å²) >= 11 is 0. The molecule has 1 heterocycles. The van der Waals surface area contributed by atoms with E-state index in [2.05, 4.69) is 5.32 Å². The van der Waals surface area contributed by atoms with Gasteiger partial charge in [0.05, 0.1) is 11.1 Å². The molecular formula is C16H12NNaO2. The average Bonchev–Trinajstić information content (AvgIpc) is 2.75. The summed E-state index contributed by atoms with van der Waals surface area (Å²) < 4.78 is 0. The van der Waals surface area contributed by atoms with Crippen molar-refractivity contribution in [3.8, 4) is 0 Å². The van der Waals surface area contributed by atoms with E-state index in [1.54, 1.807) is 0 Å². The molecule has 0 unspecified atom stereocenters. The summed E-state index contributed by atoms with van der Waals surface area (Å²) in [5.41, 5.74) is 2.39. The van der Waals surface area contributed by atoms with Gasteiger partial charge in [-0.2, -0.15) is 0 Å². The maximum absolute atomic E-state index is 12.0. The topological polar surface area (TPSA) is 46.2 Å². The van der Waals surface area contributed by atoms with E-state index in [0.717, 1.165) is 11.1 Å². The van der Waals surface area contributed by atoms with Crippen LogP contribution in [0.5, 0.6) is 0 Å². The van der Waals surface area contributed by atoms with Crippen LogP contribution in [0, 0.1) is 0 Å². The van der Waals surface area contributed by atoms with Crippen LogP contribution in [0.25, 0.3) is 11.1 Å². The van der Waals surface area contributed by atoms with Crippen molar-refractivity contribution in [2.45, 2.75) is 0 Å². The molecule has 4 heteroatoms. The normalized spacial score (nSPS) is 14.0. The van der Waals surface area contributed by atoms with Gasteiger partial charge < -0.3 is 0 Å². The molecule has 0 saturated carbocycles. The summed E-state index contributed by atoms with van der Waals surface area (Å²) in [6, 6.07) is 18.5. The van der Waals surface area contributed by atoms with E-state index < -0.39 is 0 Å². The molecule has 0 saturated heterocycles.